The van der Waals surface area contributed by atoms with Gasteiger partial charge in [-0.1, -0.05) is 0 Å². The molecule has 2 saturated heterocycles. The minimum atomic E-state index is -0.893. The average molecular weight is 214 g/mol. The Bertz CT molecular complexity index is 281. The number of urea groups is 1. The molecule has 2 aliphatic rings. The highest BCUT2D eigenvalue weighted by Crippen LogP contribution is 2.21. The molecule has 84 valence electrons. The Hall–Kier alpha value is -1.30. The third kappa shape index (κ3) is 1.90. The SMILES string of the molecule is O=C(O)C1COCC1N1CCCNC1=O. The van der Waals surface area contributed by atoms with Gasteiger partial charge in [0, 0.05) is 13.1 Å². The lowest BCUT2D eigenvalue weighted by Crippen LogP contribution is -2.54. The van der Waals surface area contributed by atoms with E-state index in [1.165, 1.54) is 0 Å². The van der Waals surface area contributed by atoms with Crippen molar-refractivity contribution in [3.63, 3.8) is 0 Å². The lowest BCUT2D eigenvalue weighted by molar-refractivity contribution is -0.142. The number of hydrogen-bond acceptors (Lipinski definition) is 3. The van der Waals surface area contributed by atoms with Crippen molar-refractivity contribution in [2.45, 2.75) is 12.5 Å². The number of carboxylic acids is 1. The Kier molecular flexibility index (Phi) is 2.77. The zero-order chi connectivity index (χ0) is 10.8. The number of rotatable bonds is 2. The molecule has 0 aliphatic carbocycles. The number of aliphatic carboxylic acids is 1. The van der Waals surface area contributed by atoms with Crippen molar-refractivity contribution >= 4 is 12.0 Å². The predicted molar refractivity (Wildman–Crippen MR) is 50.5 cm³/mol. The quantitative estimate of drug-likeness (QED) is 0.649. The van der Waals surface area contributed by atoms with Gasteiger partial charge < -0.3 is 20.1 Å². The van der Waals surface area contributed by atoms with Gasteiger partial charge in [-0.2, -0.15) is 0 Å². The fourth-order valence-corrected chi connectivity index (χ4v) is 2.05. The van der Waals surface area contributed by atoms with Crippen molar-refractivity contribution in [2.75, 3.05) is 26.3 Å². The Morgan fingerprint density at radius 3 is 3.00 bits per heavy atom. The molecule has 2 fully saturated rings. The molecule has 2 aliphatic heterocycles. The molecule has 0 saturated carbocycles. The summed E-state index contributed by atoms with van der Waals surface area (Å²) in [5, 5.41) is 11.7. The van der Waals surface area contributed by atoms with Crippen LogP contribution in [0.25, 0.3) is 0 Å². The molecule has 2 amide bonds. The monoisotopic (exact) mass is 214 g/mol. The fourth-order valence-electron chi connectivity index (χ4n) is 2.05. The zero-order valence-electron chi connectivity index (χ0n) is 8.31. The molecule has 6 nitrogen and oxygen atoms in total. The first-order chi connectivity index (χ1) is 7.20. The van der Waals surface area contributed by atoms with Crippen LogP contribution in [0, 0.1) is 5.92 Å². The second kappa shape index (κ2) is 4.06. The number of carbonyl (C=O) groups excluding carboxylic acids is 1. The van der Waals surface area contributed by atoms with Crippen molar-refractivity contribution in [1.82, 2.24) is 10.2 Å². The van der Waals surface area contributed by atoms with Crippen LogP contribution in [0.15, 0.2) is 0 Å². The minimum absolute atomic E-state index is 0.178. The van der Waals surface area contributed by atoms with Crippen molar-refractivity contribution in [1.29, 1.82) is 0 Å². The highest BCUT2D eigenvalue weighted by molar-refractivity contribution is 5.77. The van der Waals surface area contributed by atoms with E-state index in [-0.39, 0.29) is 18.7 Å². The van der Waals surface area contributed by atoms with E-state index < -0.39 is 11.9 Å². The number of carbonyl (C=O) groups is 2. The number of ether oxygens (including phenoxy) is 1. The van der Waals surface area contributed by atoms with E-state index in [0.29, 0.717) is 19.7 Å². The highest BCUT2D eigenvalue weighted by Gasteiger charge is 2.40. The van der Waals surface area contributed by atoms with Crippen molar-refractivity contribution in [3.8, 4) is 0 Å². The number of carboxylic acid groups (broad SMARTS) is 1. The summed E-state index contributed by atoms with van der Waals surface area (Å²) in [4.78, 5) is 24.0. The van der Waals surface area contributed by atoms with Crippen LogP contribution in [0.3, 0.4) is 0 Å². The topological polar surface area (TPSA) is 78.9 Å². The molecule has 15 heavy (non-hydrogen) atoms. The Balaban J connectivity index is 2.07. The second-order valence-corrected chi connectivity index (χ2v) is 3.83. The summed E-state index contributed by atoms with van der Waals surface area (Å²) in [5.41, 5.74) is 0. The normalized spacial score (nSPS) is 31.5. The van der Waals surface area contributed by atoms with Gasteiger partial charge >= 0.3 is 12.0 Å². The van der Waals surface area contributed by atoms with E-state index in [4.69, 9.17) is 9.84 Å². The van der Waals surface area contributed by atoms with Gasteiger partial charge in [-0.15, -0.1) is 0 Å². The fraction of sp³-hybridized carbons (Fsp3) is 0.778. The number of amides is 2. The Morgan fingerprint density at radius 1 is 1.53 bits per heavy atom. The lowest BCUT2D eigenvalue weighted by atomic mass is 10.0. The van der Waals surface area contributed by atoms with Crippen LogP contribution in [0.1, 0.15) is 6.42 Å². The molecule has 0 aromatic rings. The summed E-state index contributed by atoms with van der Waals surface area (Å²) in [6, 6.07) is -0.495. The molecule has 6 heteroatoms. The molecule has 2 heterocycles. The van der Waals surface area contributed by atoms with Gasteiger partial charge in [0.05, 0.1) is 19.3 Å². The van der Waals surface area contributed by atoms with E-state index in [1.807, 2.05) is 0 Å². The maximum absolute atomic E-state index is 11.5. The third-order valence-electron chi connectivity index (χ3n) is 2.88. The van der Waals surface area contributed by atoms with Gasteiger partial charge in [0.15, 0.2) is 0 Å². The largest absolute Gasteiger partial charge is 0.481 e. The summed E-state index contributed by atoms with van der Waals surface area (Å²) in [5.74, 6) is -1.48. The molecule has 2 atom stereocenters. The smallest absolute Gasteiger partial charge is 0.317 e. The van der Waals surface area contributed by atoms with E-state index >= 15 is 0 Å². The van der Waals surface area contributed by atoms with Crippen LogP contribution in [0.2, 0.25) is 0 Å². The lowest BCUT2D eigenvalue weighted by Gasteiger charge is -2.33. The van der Waals surface area contributed by atoms with E-state index in [2.05, 4.69) is 5.32 Å². The first-order valence-electron chi connectivity index (χ1n) is 5.05. The van der Waals surface area contributed by atoms with Crippen LogP contribution in [-0.4, -0.2) is 54.4 Å². The molecule has 0 spiro atoms. The molecule has 2 rings (SSSR count). The first kappa shape index (κ1) is 10.2. The van der Waals surface area contributed by atoms with E-state index in [0.717, 1.165) is 6.42 Å². The summed E-state index contributed by atoms with van der Waals surface area (Å²) < 4.78 is 5.13. The minimum Gasteiger partial charge on any atom is -0.481 e. The zero-order valence-corrected chi connectivity index (χ0v) is 8.31. The van der Waals surface area contributed by atoms with Crippen molar-refractivity contribution in [2.24, 2.45) is 5.92 Å². The third-order valence-corrected chi connectivity index (χ3v) is 2.88. The molecule has 2 unspecified atom stereocenters. The van der Waals surface area contributed by atoms with Crippen molar-refractivity contribution < 1.29 is 19.4 Å². The van der Waals surface area contributed by atoms with Crippen LogP contribution >= 0.6 is 0 Å². The van der Waals surface area contributed by atoms with Crippen LogP contribution in [0.5, 0.6) is 0 Å². The maximum atomic E-state index is 11.5. The molecule has 0 radical (unpaired) electrons. The van der Waals surface area contributed by atoms with Gasteiger partial charge in [0.25, 0.3) is 0 Å². The Labute approximate surface area is 87.2 Å². The summed E-state index contributed by atoms with van der Waals surface area (Å²) in [6.07, 6.45) is 0.856. The predicted octanol–water partition coefficient (Wildman–Crippen LogP) is -0.499. The standard InChI is InChI=1S/C9H14N2O4/c12-8(13)6-4-15-5-7(6)11-3-1-2-10-9(11)14/h6-7H,1-5H2,(H,10,14)(H,12,13). The Morgan fingerprint density at radius 2 is 2.33 bits per heavy atom. The van der Waals surface area contributed by atoms with Crippen molar-refractivity contribution in [3.05, 3.63) is 0 Å². The summed E-state index contributed by atoms with van der Waals surface area (Å²) in [7, 11) is 0. The maximum Gasteiger partial charge on any atom is 0.317 e. The second-order valence-electron chi connectivity index (χ2n) is 3.83. The molecular formula is C9H14N2O4. The molecule has 2 N–H and O–H groups in total. The number of nitrogens with zero attached hydrogens (tertiary/aromatic N) is 1. The summed E-state index contributed by atoms with van der Waals surface area (Å²) in [6.45, 7) is 1.80. The molecule has 0 aromatic carbocycles. The molecule has 0 aromatic heterocycles. The van der Waals surface area contributed by atoms with E-state index in [1.54, 1.807) is 4.90 Å². The van der Waals surface area contributed by atoms with Gasteiger partial charge in [-0.05, 0) is 6.42 Å². The van der Waals surface area contributed by atoms with Gasteiger partial charge in [-0.25, -0.2) is 4.79 Å². The van der Waals surface area contributed by atoms with Crippen LogP contribution in [0.4, 0.5) is 4.79 Å². The number of hydrogen-bond donors (Lipinski definition) is 2. The highest BCUT2D eigenvalue weighted by atomic mass is 16.5. The summed E-state index contributed by atoms with van der Waals surface area (Å²) >= 11 is 0. The van der Waals surface area contributed by atoms with Crippen LogP contribution < -0.4 is 5.32 Å². The molecular weight excluding hydrogens is 200 g/mol. The number of nitrogens with one attached hydrogen (secondary N) is 1. The van der Waals surface area contributed by atoms with Gasteiger partial charge in [-0.3, -0.25) is 4.79 Å². The average Bonchev–Trinajstić information content (AvgIpc) is 2.67. The molecule has 0 bridgehead atoms. The van der Waals surface area contributed by atoms with Gasteiger partial charge in [0.1, 0.15) is 5.92 Å². The van der Waals surface area contributed by atoms with Crippen LogP contribution in [-0.2, 0) is 9.53 Å². The first-order valence-corrected chi connectivity index (χ1v) is 5.05. The van der Waals surface area contributed by atoms with Gasteiger partial charge in [0.2, 0.25) is 0 Å². The van der Waals surface area contributed by atoms with E-state index in [9.17, 15) is 9.59 Å².